The molecule has 0 unspecified atom stereocenters. The standard InChI is InChI=1S/C10H19N3/c1-7(2)6-13-10(11)5-9(12-13)8(3)4/h5,7-8H,6,11H2,1-4H3. The predicted octanol–water partition coefficient (Wildman–Crippen LogP) is 2.24. The summed E-state index contributed by atoms with van der Waals surface area (Å²) in [7, 11) is 0. The van der Waals surface area contributed by atoms with Gasteiger partial charge < -0.3 is 5.73 Å². The van der Waals surface area contributed by atoms with Crippen molar-refractivity contribution in [2.75, 3.05) is 5.73 Å². The van der Waals surface area contributed by atoms with Crippen LogP contribution in [0.3, 0.4) is 0 Å². The lowest BCUT2D eigenvalue weighted by molar-refractivity contribution is 0.483. The zero-order valence-corrected chi connectivity index (χ0v) is 8.91. The van der Waals surface area contributed by atoms with Gasteiger partial charge in [-0.1, -0.05) is 27.7 Å². The fourth-order valence-corrected chi connectivity index (χ4v) is 1.23. The van der Waals surface area contributed by atoms with E-state index in [0.717, 1.165) is 18.1 Å². The summed E-state index contributed by atoms with van der Waals surface area (Å²) in [5.74, 6) is 1.82. The second kappa shape index (κ2) is 3.81. The molecule has 0 spiro atoms. The van der Waals surface area contributed by atoms with Crippen LogP contribution in [0.25, 0.3) is 0 Å². The molecule has 0 saturated heterocycles. The van der Waals surface area contributed by atoms with E-state index >= 15 is 0 Å². The number of aromatic nitrogens is 2. The molecule has 0 aliphatic heterocycles. The molecule has 0 aromatic carbocycles. The van der Waals surface area contributed by atoms with E-state index in [-0.39, 0.29) is 0 Å². The normalized spacial score (nSPS) is 11.5. The Kier molecular flexibility index (Phi) is 2.96. The van der Waals surface area contributed by atoms with Gasteiger partial charge in [0.15, 0.2) is 0 Å². The minimum Gasteiger partial charge on any atom is -0.384 e. The molecule has 0 amide bonds. The third kappa shape index (κ3) is 2.47. The Labute approximate surface area is 79.9 Å². The first-order valence-electron chi connectivity index (χ1n) is 4.84. The lowest BCUT2D eigenvalue weighted by Crippen LogP contribution is -2.09. The van der Waals surface area contributed by atoms with Crippen LogP contribution in [-0.2, 0) is 6.54 Å². The molecule has 0 bridgehead atoms. The molecule has 1 aromatic rings. The van der Waals surface area contributed by atoms with Crippen LogP contribution in [0, 0.1) is 5.92 Å². The molecule has 3 nitrogen and oxygen atoms in total. The maximum atomic E-state index is 5.83. The summed E-state index contributed by atoms with van der Waals surface area (Å²) in [4.78, 5) is 0. The van der Waals surface area contributed by atoms with Crippen LogP contribution in [0.5, 0.6) is 0 Å². The van der Waals surface area contributed by atoms with Crippen molar-refractivity contribution in [2.24, 2.45) is 5.92 Å². The number of nitrogens with zero attached hydrogens (tertiary/aromatic N) is 2. The highest BCUT2D eigenvalue weighted by atomic mass is 15.3. The van der Waals surface area contributed by atoms with Gasteiger partial charge in [-0.15, -0.1) is 0 Å². The van der Waals surface area contributed by atoms with Crippen molar-refractivity contribution in [3.63, 3.8) is 0 Å². The molecule has 0 saturated carbocycles. The lowest BCUT2D eigenvalue weighted by atomic mass is 10.1. The van der Waals surface area contributed by atoms with Crippen molar-refractivity contribution >= 4 is 5.82 Å². The quantitative estimate of drug-likeness (QED) is 0.777. The monoisotopic (exact) mass is 181 g/mol. The Hall–Kier alpha value is -0.990. The molecule has 13 heavy (non-hydrogen) atoms. The van der Waals surface area contributed by atoms with Gasteiger partial charge in [-0.2, -0.15) is 5.10 Å². The molecule has 0 aliphatic carbocycles. The first-order chi connectivity index (χ1) is 6.00. The van der Waals surface area contributed by atoms with Crippen molar-refractivity contribution in [3.05, 3.63) is 11.8 Å². The van der Waals surface area contributed by atoms with Crippen molar-refractivity contribution in [1.29, 1.82) is 0 Å². The van der Waals surface area contributed by atoms with Gasteiger partial charge in [0.25, 0.3) is 0 Å². The zero-order chi connectivity index (χ0) is 10.0. The van der Waals surface area contributed by atoms with Crippen LogP contribution in [0.2, 0.25) is 0 Å². The molecule has 0 fully saturated rings. The van der Waals surface area contributed by atoms with Crippen LogP contribution >= 0.6 is 0 Å². The topological polar surface area (TPSA) is 43.8 Å². The average molecular weight is 181 g/mol. The van der Waals surface area contributed by atoms with Gasteiger partial charge in [0.05, 0.1) is 5.69 Å². The second-order valence-electron chi connectivity index (χ2n) is 4.22. The minimum absolute atomic E-state index is 0.454. The summed E-state index contributed by atoms with van der Waals surface area (Å²) < 4.78 is 1.89. The number of nitrogens with two attached hydrogens (primary N) is 1. The third-order valence-corrected chi connectivity index (χ3v) is 1.96. The fraction of sp³-hybridized carbons (Fsp3) is 0.700. The van der Waals surface area contributed by atoms with E-state index in [1.165, 1.54) is 0 Å². The molecule has 0 atom stereocenters. The highest BCUT2D eigenvalue weighted by Crippen LogP contribution is 2.16. The van der Waals surface area contributed by atoms with Gasteiger partial charge in [0.2, 0.25) is 0 Å². The van der Waals surface area contributed by atoms with Gasteiger partial charge >= 0.3 is 0 Å². The summed E-state index contributed by atoms with van der Waals surface area (Å²) in [6.07, 6.45) is 0. The summed E-state index contributed by atoms with van der Waals surface area (Å²) in [6, 6.07) is 1.97. The highest BCUT2D eigenvalue weighted by molar-refractivity contribution is 5.31. The van der Waals surface area contributed by atoms with Crippen LogP contribution in [0.4, 0.5) is 5.82 Å². The van der Waals surface area contributed by atoms with E-state index in [1.54, 1.807) is 0 Å². The first-order valence-corrected chi connectivity index (χ1v) is 4.84. The molecule has 1 aromatic heterocycles. The molecule has 0 radical (unpaired) electrons. The largest absolute Gasteiger partial charge is 0.384 e. The molecular formula is C10H19N3. The van der Waals surface area contributed by atoms with Crippen molar-refractivity contribution in [2.45, 2.75) is 40.2 Å². The van der Waals surface area contributed by atoms with Crippen LogP contribution in [0.15, 0.2) is 6.07 Å². The van der Waals surface area contributed by atoms with Gasteiger partial charge in [0.1, 0.15) is 5.82 Å². The van der Waals surface area contributed by atoms with E-state index in [0.29, 0.717) is 11.8 Å². The van der Waals surface area contributed by atoms with Gasteiger partial charge in [0, 0.05) is 12.6 Å². The van der Waals surface area contributed by atoms with E-state index < -0.39 is 0 Å². The summed E-state index contributed by atoms with van der Waals surface area (Å²) in [6.45, 7) is 9.48. The van der Waals surface area contributed by atoms with Gasteiger partial charge in [-0.3, -0.25) is 0 Å². The molecule has 3 heteroatoms. The Morgan fingerprint density at radius 2 is 2.00 bits per heavy atom. The van der Waals surface area contributed by atoms with Crippen molar-refractivity contribution in [3.8, 4) is 0 Å². The second-order valence-corrected chi connectivity index (χ2v) is 4.22. The zero-order valence-electron chi connectivity index (χ0n) is 8.91. The van der Waals surface area contributed by atoms with Gasteiger partial charge in [-0.05, 0) is 11.8 Å². The van der Waals surface area contributed by atoms with Crippen LogP contribution < -0.4 is 5.73 Å². The smallest absolute Gasteiger partial charge is 0.121 e. The highest BCUT2D eigenvalue weighted by Gasteiger charge is 2.08. The molecule has 1 heterocycles. The Balaban J connectivity index is 2.83. The minimum atomic E-state index is 0.454. The third-order valence-electron chi connectivity index (χ3n) is 1.96. The Morgan fingerprint density at radius 3 is 2.38 bits per heavy atom. The van der Waals surface area contributed by atoms with E-state index in [9.17, 15) is 0 Å². The van der Waals surface area contributed by atoms with Gasteiger partial charge in [-0.25, -0.2) is 4.68 Å². The Bertz CT molecular complexity index is 274. The number of hydrogen-bond acceptors (Lipinski definition) is 2. The maximum absolute atomic E-state index is 5.83. The number of anilines is 1. The predicted molar refractivity (Wildman–Crippen MR) is 55.6 cm³/mol. The molecule has 0 aliphatic rings. The summed E-state index contributed by atoms with van der Waals surface area (Å²) in [5, 5.41) is 4.44. The van der Waals surface area contributed by atoms with Crippen LogP contribution in [0.1, 0.15) is 39.3 Å². The molecular weight excluding hydrogens is 162 g/mol. The fourth-order valence-electron chi connectivity index (χ4n) is 1.23. The Morgan fingerprint density at radius 1 is 1.38 bits per heavy atom. The maximum Gasteiger partial charge on any atom is 0.121 e. The van der Waals surface area contributed by atoms with E-state index in [1.807, 2.05) is 10.7 Å². The van der Waals surface area contributed by atoms with E-state index in [4.69, 9.17) is 5.73 Å². The number of nitrogen functional groups attached to an aromatic ring is 1. The van der Waals surface area contributed by atoms with E-state index in [2.05, 4.69) is 32.8 Å². The lowest BCUT2D eigenvalue weighted by Gasteiger charge is -2.06. The number of hydrogen-bond donors (Lipinski definition) is 1. The molecule has 1 rings (SSSR count). The van der Waals surface area contributed by atoms with Crippen LogP contribution in [-0.4, -0.2) is 9.78 Å². The van der Waals surface area contributed by atoms with Crippen molar-refractivity contribution in [1.82, 2.24) is 9.78 Å². The first kappa shape index (κ1) is 10.1. The summed E-state index contributed by atoms with van der Waals surface area (Å²) in [5.41, 5.74) is 6.91. The molecule has 74 valence electrons. The summed E-state index contributed by atoms with van der Waals surface area (Å²) >= 11 is 0. The number of rotatable bonds is 3. The molecule has 2 N–H and O–H groups in total. The SMILES string of the molecule is CC(C)Cn1nc(C(C)C)cc1N. The van der Waals surface area contributed by atoms with Crippen molar-refractivity contribution < 1.29 is 0 Å². The average Bonchev–Trinajstić information content (AvgIpc) is 2.31.